The van der Waals surface area contributed by atoms with E-state index in [0.717, 1.165) is 6.04 Å². The van der Waals surface area contributed by atoms with Gasteiger partial charge in [0, 0.05) is 25.9 Å². The van der Waals surface area contributed by atoms with Crippen molar-refractivity contribution in [3.63, 3.8) is 0 Å². The highest BCUT2D eigenvalue weighted by atomic mass is 14.9. The molecule has 0 aliphatic carbocycles. The van der Waals surface area contributed by atoms with Gasteiger partial charge in [-0.25, -0.2) is 0 Å². The summed E-state index contributed by atoms with van der Waals surface area (Å²) in [5.41, 5.74) is 0. The third-order valence-corrected chi connectivity index (χ3v) is 1.72. The molecule has 0 aromatic heterocycles. The maximum absolute atomic E-state index is 3.76. The molecule has 1 saturated heterocycles. The first-order chi connectivity index (χ1) is 3.93. The molecule has 1 aliphatic heterocycles. The van der Waals surface area contributed by atoms with Gasteiger partial charge < -0.3 is 10.6 Å². The Morgan fingerprint density at radius 2 is 2.00 bits per heavy atom. The largest absolute Gasteiger partial charge is 0.476 e. The highest BCUT2D eigenvalue weighted by Gasteiger charge is 2.09. The van der Waals surface area contributed by atoms with Crippen molar-refractivity contribution >= 4 is 0 Å². The van der Waals surface area contributed by atoms with Crippen LogP contribution in [0.3, 0.4) is 0 Å². The predicted octanol–water partition coefficient (Wildman–Crippen LogP) is -0.907. The highest BCUT2D eigenvalue weighted by Crippen LogP contribution is 1.95. The number of rotatable bonds is 1. The Hall–Kier alpha value is -0.0800. The monoisotopic (exact) mass is 114 g/mol. The normalized spacial score (nSPS) is 23.6. The molecule has 0 atom stereocenters. The summed E-state index contributed by atoms with van der Waals surface area (Å²) in [5.74, 6) is 0. The van der Waals surface area contributed by atoms with Crippen LogP contribution in [0.5, 0.6) is 0 Å². The Kier molecular flexibility index (Phi) is 2.30. The van der Waals surface area contributed by atoms with E-state index in [9.17, 15) is 0 Å². The zero-order chi connectivity index (χ0) is 5.82. The fourth-order valence-electron chi connectivity index (χ4n) is 1.08. The van der Waals surface area contributed by atoms with Crippen molar-refractivity contribution in [3.05, 3.63) is 7.05 Å². The Labute approximate surface area is 50.7 Å². The lowest BCUT2D eigenvalue weighted by molar-refractivity contribution is -0.636. The summed E-state index contributed by atoms with van der Waals surface area (Å²) >= 11 is 0. The second kappa shape index (κ2) is 3.05. The minimum absolute atomic E-state index is 0.788. The van der Waals surface area contributed by atoms with Gasteiger partial charge in [-0.2, -0.15) is 7.05 Å². The second-order valence-electron chi connectivity index (χ2n) is 2.32. The van der Waals surface area contributed by atoms with Crippen molar-refractivity contribution in [2.24, 2.45) is 0 Å². The van der Waals surface area contributed by atoms with Crippen molar-refractivity contribution in [3.8, 4) is 0 Å². The van der Waals surface area contributed by atoms with Crippen LogP contribution in [0.1, 0.15) is 12.8 Å². The van der Waals surface area contributed by atoms with Crippen molar-refractivity contribution < 1.29 is 5.32 Å². The molecule has 48 valence electrons. The van der Waals surface area contributed by atoms with Gasteiger partial charge in [0.05, 0.1) is 6.04 Å². The molecule has 8 heavy (non-hydrogen) atoms. The summed E-state index contributed by atoms with van der Waals surface area (Å²) in [6.45, 7) is 2.35. The maximum Gasteiger partial charge on any atom is 0.0644 e. The zero-order valence-corrected chi connectivity index (χ0v) is 5.19. The number of piperidine rings is 1. The zero-order valence-electron chi connectivity index (χ0n) is 5.19. The quantitative estimate of drug-likeness (QED) is 0.425. The Bertz CT molecular complexity index is 57.5. The average Bonchev–Trinajstić information content (AvgIpc) is 1.90. The molecule has 0 aromatic carbocycles. The minimum Gasteiger partial charge on any atom is -0.476 e. The molecule has 0 spiro atoms. The summed E-state index contributed by atoms with van der Waals surface area (Å²) in [6.07, 6.45) is 2.56. The molecule has 1 rings (SSSR count). The van der Waals surface area contributed by atoms with Crippen LogP contribution in [0.2, 0.25) is 0 Å². The molecule has 1 aliphatic rings. The Balaban J connectivity index is 2.13. The summed E-state index contributed by atoms with van der Waals surface area (Å²) < 4.78 is 0. The van der Waals surface area contributed by atoms with Crippen LogP contribution in [0.15, 0.2) is 0 Å². The van der Waals surface area contributed by atoms with Gasteiger partial charge in [-0.3, -0.25) is 0 Å². The first-order valence-corrected chi connectivity index (χ1v) is 3.27. The molecule has 0 unspecified atom stereocenters. The summed E-state index contributed by atoms with van der Waals surface area (Å²) in [4.78, 5) is 0. The van der Waals surface area contributed by atoms with Gasteiger partial charge >= 0.3 is 0 Å². The molecule has 0 radical (unpaired) electrons. The van der Waals surface area contributed by atoms with E-state index in [1.165, 1.54) is 25.9 Å². The van der Waals surface area contributed by atoms with Gasteiger partial charge in [0.1, 0.15) is 0 Å². The van der Waals surface area contributed by atoms with Crippen LogP contribution in [0.25, 0.3) is 0 Å². The Morgan fingerprint density at radius 3 is 2.38 bits per heavy atom. The first kappa shape index (κ1) is 6.05. The number of quaternary nitrogens is 1. The van der Waals surface area contributed by atoms with Gasteiger partial charge in [-0.05, 0) is 0 Å². The smallest absolute Gasteiger partial charge is 0.0644 e. The van der Waals surface area contributed by atoms with Crippen LogP contribution in [-0.4, -0.2) is 19.1 Å². The van der Waals surface area contributed by atoms with Gasteiger partial charge in [-0.15, -0.1) is 0 Å². The average molecular weight is 114 g/mol. The van der Waals surface area contributed by atoms with E-state index in [-0.39, 0.29) is 0 Å². The molecular formula is C6H14N2. The summed E-state index contributed by atoms with van der Waals surface area (Å²) in [5, 5.41) is 5.37. The van der Waals surface area contributed by atoms with Crippen LogP contribution in [-0.2, 0) is 0 Å². The number of hydrogen-bond donors (Lipinski definition) is 2. The molecule has 2 heteroatoms. The van der Waals surface area contributed by atoms with Crippen molar-refractivity contribution in [2.45, 2.75) is 18.9 Å². The topological polar surface area (TPSA) is 28.6 Å². The van der Waals surface area contributed by atoms with Crippen molar-refractivity contribution in [2.75, 3.05) is 13.1 Å². The number of nitrogens with two attached hydrogens (primary N) is 1. The van der Waals surface area contributed by atoms with Crippen LogP contribution in [0.4, 0.5) is 0 Å². The SMILES string of the molecule is [CH2-][NH2+]C1CCNCC1. The third kappa shape index (κ3) is 1.46. The van der Waals surface area contributed by atoms with Gasteiger partial charge in [0.2, 0.25) is 0 Å². The Morgan fingerprint density at radius 1 is 1.38 bits per heavy atom. The van der Waals surface area contributed by atoms with Gasteiger partial charge in [0.15, 0.2) is 0 Å². The molecule has 2 nitrogen and oxygen atoms in total. The molecule has 1 fully saturated rings. The van der Waals surface area contributed by atoms with Gasteiger partial charge in [0.25, 0.3) is 0 Å². The van der Waals surface area contributed by atoms with Crippen LogP contribution < -0.4 is 10.6 Å². The lowest BCUT2D eigenvalue weighted by Gasteiger charge is -2.21. The van der Waals surface area contributed by atoms with E-state index in [4.69, 9.17) is 0 Å². The van der Waals surface area contributed by atoms with E-state index >= 15 is 0 Å². The summed E-state index contributed by atoms with van der Waals surface area (Å²) in [6, 6.07) is 0.788. The first-order valence-electron chi connectivity index (χ1n) is 3.27. The van der Waals surface area contributed by atoms with Crippen molar-refractivity contribution in [1.29, 1.82) is 0 Å². The van der Waals surface area contributed by atoms with Crippen LogP contribution in [0, 0.1) is 7.05 Å². The molecular weight excluding hydrogens is 100 g/mol. The molecule has 0 aromatic rings. The van der Waals surface area contributed by atoms with E-state index in [1.807, 2.05) is 0 Å². The third-order valence-electron chi connectivity index (χ3n) is 1.72. The lowest BCUT2D eigenvalue weighted by atomic mass is 10.1. The highest BCUT2D eigenvalue weighted by molar-refractivity contribution is 4.64. The van der Waals surface area contributed by atoms with E-state index in [2.05, 4.69) is 17.7 Å². The lowest BCUT2D eigenvalue weighted by Crippen LogP contribution is -2.84. The summed E-state index contributed by atoms with van der Waals surface area (Å²) in [7, 11) is 3.76. The number of nitrogens with one attached hydrogen (secondary N) is 1. The van der Waals surface area contributed by atoms with Gasteiger partial charge in [-0.1, -0.05) is 0 Å². The second-order valence-corrected chi connectivity index (χ2v) is 2.32. The minimum atomic E-state index is 0.788. The molecule has 3 N–H and O–H groups in total. The maximum atomic E-state index is 3.76. The fourth-order valence-corrected chi connectivity index (χ4v) is 1.08. The molecule has 0 amide bonds. The molecule has 1 heterocycles. The molecule has 0 bridgehead atoms. The van der Waals surface area contributed by atoms with E-state index in [0.29, 0.717) is 0 Å². The number of hydrogen-bond acceptors (Lipinski definition) is 1. The van der Waals surface area contributed by atoms with E-state index in [1.54, 1.807) is 0 Å². The standard InChI is InChI=1S/C6H14N2/c1-7-6-2-4-8-5-3-6/h6,8H,1-5,7H2. The predicted molar refractivity (Wildman–Crippen MR) is 33.2 cm³/mol. The molecule has 0 saturated carbocycles. The van der Waals surface area contributed by atoms with Crippen LogP contribution >= 0.6 is 0 Å². The van der Waals surface area contributed by atoms with Crippen molar-refractivity contribution in [1.82, 2.24) is 5.32 Å². The van der Waals surface area contributed by atoms with E-state index < -0.39 is 0 Å². The fraction of sp³-hybridized carbons (Fsp3) is 0.833.